The van der Waals surface area contributed by atoms with E-state index in [9.17, 15) is 14.4 Å². The number of hydrogen-bond acceptors (Lipinski definition) is 4. The molecule has 0 heterocycles. The number of halogens is 1. The minimum atomic E-state index is -0.809. The van der Waals surface area contributed by atoms with Crippen LogP contribution in [0.2, 0.25) is 5.02 Å². The molecule has 2 rings (SSSR count). The topological polar surface area (TPSA) is 84.5 Å². The second-order valence-corrected chi connectivity index (χ2v) is 5.50. The molecule has 0 atom stereocenters. The SMILES string of the molecule is COC(=O)c1ccc(Cl)c(NC(=O)C(=O)NC2CCCC2)c1. The van der Waals surface area contributed by atoms with E-state index in [0.29, 0.717) is 0 Å². The molecule has 6 nitrogen and oxygen atoms in total. The molecule has 0 saturated heterocycles. The Morgan fingerprint density at radius 2 is 1.86 bits per heavy atom. The number of hydrogen-bond donors (Lipinski definition) is 2. The molecule has 2 amide bonds. The molecule has 0 unspecified atom stereocenters. The van der Waals surface area contributed by atoms with Gasteiger partial charge in [0.1, 0.15) is 0 Å². The fourth-order valence-corrected chi connectivity index (χ4v) is 2.53. The van der Waals surface area contributed by atoms with E-state index in [1.807, 2.05) is 0 Å². The summed E-state index contributed by atoms with van der Waals surface area (Å²) < 4.78 is 4.60. The second kappa shape index (κ2) is 7.26. The maximum atomic E-state index is 11.9. The molecule has 22 heavy (non-hydrogen) atoms. The van der Waals surface area contributed by atoms with Crippen LogP contribution < -0.4 is 10.6 Å². The first-order valence-corrected chi connectivity index (χ1v) is 7.38. The van der Waals surface area contributed by atoms with Gasteiger partial charge in [-0.2, -0.15) is 0 Å². The summed E-state index contributed by atoms with van der Waals surface area (Å²) in [6.07, 6.45) is 3.88. The first-order chi connectivity index (χ1) is 10.5. The third-order valence-corrected chi connectivity index (χ3v) is 3.86. The standard InChI is InChI=1S/C15H17ClN2O4/c1-22-15(21)9-6-7-11(16)12(8-9)18-14(20)13(19)17-10-4-2-3-5-10/h6-8,10H,2-5H2,1H3,(H,17,19)(H,18,20). The maximum Gasteiger partial charge on any atom is 0.337 e. The number of carbonyl (C=O) groups is 3. The molecule has 118 valence electrons. The lowest BCUT2D eigenvalue weighted by Gasteiger charge is -2.12. The van der Waals surface area contributed by atoms with E-state index in [1.54, 1.807) is 0 Å². The normalized spacial score (nSPS) is 14.5. The average molecular weight is 325 g/mol. The van der Waals surface area contributed by atoms with Gasteiger partial charge in [-0.1, -0.05) is 24.4 Å². The molecule has 1 aliphatic rings. The highest BCUT2D eigenvalue weighted by Crippen LogP contribution is 2.23. The van der Waals surface area contributed by atoms with Crippen LogP contribution in [0.4, 0.5) is 5.69 Å². The Kier molecular flexibility index (Phi) is 5.38. The molecule has 2 N–H and O–H groups in total. The summed E-state index contributed by atoms with van der Waals surface area (Å²) in [6, 6.07) is 4.35. The van der Waals surface area contributed by atoms with Crippen molar-refractivity contribution >= 4 is 35.1 Å². The molecule has 1 aliphatic carbocycles. The molecule has 0 spiro atoms. The number of nitrogens with one attached hydrogen (secondary N) is 2. The van der Waals surface area contributed by atoms with E-state index in [0.717, 1.165) is 25.7 Å². The third kappa shape index (κ3) is 3.98. The van der Waals surface area contributed by atoms with Gasteiger partial charge in [0.05, 0.1) is 23.4 Å². The highest BCUT2D eigenvalue weighted by atomic mass is 35.5. The molecule has 7 heteroatoms. The van der Waals surface area contributed by atoms with Crippen molar-refractivity contribution in [3.05, 3.63) is 28.8 Å². The fourth-order valence-electron chi connectivity index (χ4n) is 2.37. The lowest BCUT2D eigenvalue weighted by atomic mass is 10.2. The van der Waals surface area contributed by atoms with Crippen LogP contribution in [-0.2, 0) is 14.3 Å². The molecule has 0 radical (unpaired) electrons. The Balaban J connectivity index is 2.03. The number of amides is 2. The summed E-state index contributed by atoms with van der Waals surface area (Å²) >= 11 is 5.96. The Hall–Kier alpha value is -2.08. The number of benzene rings is 1. The summed E-state index contributed by atoms with van der Waals surface area (Å²) in [5, 5.41) is 5.32. The Labute approximate surface area is 133 Å². The zero-order valence-electron chi connectivity index (χ0n) is 12.1. The highest BCUT2D eigenvalue weighted by molar-refractivity contribution is 6.41. The van der Waals surface area contributed by atoms with Gasteiger partial charge >= 0.3 is 17.8 Å². The smallest absolute Gasteiger partial charge is 0.337 e. The van der Waals surface area contributed by atoms with Crippen LogP contribution in [0, 0.1) is 0 Å². The van der Waals surface area contributed by atoms with Crippen LogP contribution in [0.25, 0.3) is 0 Å². The quantitative estimate of drug-likeness (QED) is 0.659. The number of ether oxygens (including phenoxy) is 1. The highest BCUT2D eigenvalue weighted by Gasteiger charge is 2.22. The van der Waals surface area contributed by atoms with Crippen molar-refractivity contribution in [2.75, 3.05) is 12.4 Å². The van der Waals surface area contributed by atoms with Gasteiger partial charge in [0.2, 0.25) is 0 Å². The summed E-state index contributed by atoms with van der Waals surface area (Å²) in [5.41, 5.74) is 0.425. The fraction of sp³-hybridized carbons (Fsp3) is 0.400. The van der Waals surface area contributed by atoms with Crippen molar-refractivity contribution in [2.24, 2.45) is 0 Å². The molecule has 0 aromatic heterocycles. The van der Waals surface area contributed by atoms with E-state index in [1.165, 1.54) is 25.3 Å². The summed E-state index contributed by atoms with van der Waals surface area (Å²) in [4.78, 5) is 35.2. The first kappa shape index (κ1) is 16.3. The number of methoxy groups -OCH3 is 1. The molecular weight excluding hydrogens is 308 g/mol. The zero-order chi connectivity index (χ0) is 16.1. The van der Waals surface area contributed by atoms with Crippen molar-refractivity contribution in [2.45, 2.75) is 31.7 Å². The van der Waals surface area contributed by atoms with Gasteiger partial charge < -0.3 is 15.4 Å². The van der Waals surface area contributed by atoms with Crippen molar-refractivity contribution < 1.29 is 19.1 Å². The number of carbonyl (C=O) groups excluding carboxylic acids is 3. The minimum Gasteiger partial charge on any atom is -0.465 e. The predicted octanol–water partition coefficient (Wildman–Crippen LogP) is 2.12. The molecule has 1 aromatic carbocycles. The van der Waals surface area contributed by atoms with E-state index >= 15 is 0 Å². The third-order valence-electron chi connectivity index (χ3n) is 3.53. The van der Waals surface area contributed by atoms with Gasteiger partial charge in [0.25, 0.3) is 0 Å². The molecule has 1 saturated carbocycles. The Morgan fingerprint density at radius 1 is 1.18 bits per heavy atom. The van der Waals surface area contributed by atoms with Crippen LogP contribution in [-0.4, -0.2) is 30.9 Å². The van der Waals surface area contributed by atoms with E-state index in [2.05, 4.69) is 15.4 Å². The Morgan fingerprint density at radius 3 is 2.50 bits per heavy atom. The lowest BCUT2D eigenvalue weighted by molar-refractivity contribution is -0.136. The van der Waals surface area contributed by atoms with E-state index in [-0.39, 0.29) is 22.3 Å². The zero-order valence-corrected chi connectivity index (χ0v) is 12.9. The summed E-state index contributed by atoms with van der Waals surface area (Å²) in [7, 11) is 1.25. The summed E-state index contributed by atoms with van der Waals surface area (Å²) in [5.74, 6) is -2.06. The first-order valence-electron chi connectivity index (χ1n) is 7.01. The second-order valence-electron chi connectivity index (χ2n) is 5.10. The molecule has 0 aliphatic heterocycles. The van der Waals surface area contributed by atoms with Gasteiger partial charge in [-0.15, -0.1) is 0 Å². The van der Waals surface area contributed by atoms with Gasteiger partial charge in [-0.05, 0) is 31.0 Å². The van der Waals surface area contributed by atoms with Gasteiger partial charge in [0.15, 0.2) is 0 Å². The minimum absolute atomic E-state index is 0.0510. The van der Waals surface area contributed by atoms with Crippen LogP contribution >= 0.6 is 11.6 Å². The number of esters is 1. The number of rotatable bonds is 3. The van der Waals surface area contributed by atoms with Gasteiger partial charge in [0, 0.05) is 6.04 Å². The molecule has 1 fully saturated rings. The largest absolute Gasteiger partial charge is 0.465 e. The van der Waals surface area contributed by atoms with E-state index in [4.69, 9.17) is 11.6 Å². The predicted molar refractivity (Wildman–Crippen MR) is 81.8 cm³/mol. The van der Waals surface area contributed by atoms with Crippen LogP contribution in [0.1, 0.15) is 36.0 Å². The molecule has 0 bridgehead atoms. The Bertz CT molecular complexity index is 597. The van der Waals surface area contributed by atoms with Crippen molar-refractivity contribution in [1.82, 2.24) is 5.32 Å². The summed E-state index contributed by atoms with van der Waals surface area (Å²) in [6.45, 7) is 0. The van der Waals surface area contributed by atoms with E-state index < -0.39 is 17.8 Å². The van der Waals surface area contributed by atoms with Gasteiger partial charge in [-0.3, -0.25) is 9.59 Å². The monoisotopic (exact) mass is 324 g/mol. The van der Waals surface area contributed by atoms with Gasteiger partial charge in [-0.25, -0.2) is 4.79 Å². The van der Waals surface area contributed by atoms with Crippen LogP contribution in [0.5, 0.6) is 0 Å². The van der Waals surface area contributed by atoms with Crippen LogP contribution in [0.15, 0.2) is 18.2 Å². The molecular formula is C15H17ClN2O4. The van der Waals surface area contributed by atoms with Crippen molar-refractivity contribution in [3.63, 3.8) is 0 Å². The lowest BCUT2D eigenvalue weighted by Crippen LogP contribution is -2.40. The maximum absolute atomic E-state index is 11.9. The number of anilines is 1. The average Bonchev–Trinajstić information content (AvgIpc) is 3.01. The van der Waals surface area contributed by atoms with Crippen LogP contribution in [0.3, 0.4) is 0 Å². The molecule has 1 aromatic rings. The van der Waals surface area contributed by atoms with Crippen molar-refractivity contribution in [1.29, 1.82) is 0 Å². The van der Waals surface area contributed by atoms with Crippen molar-refractivity contribution in [3.8, 4) is 0 Å².